The standard InChI is InChI=1S/C21H24N4O3S/c1-2-16-8-12-19(13-9-16)29(27,28)22-14-15-24-21(26)25(18-10-11-18)20(23-24)17-6-4-3-5-7-17/h3-9,12-13,18,22H,2,10-11,14-15H2,1H3. The molecule has 2 aromatic carbocycles. The lowest BCUT2D eigenvalue weighted by Crippen LogP contribution is -2.32. The Labute approximate surface area is 170 Å². The van der Waals surface area contributed by atoms with E-state index in [9.17, 15) is 13.2 Å². The Morgan fingerprint density at radius 2 is 1.76 bits per heavy atom. The molecule has 1 fully saturated rings. The van der Waals surface area contributed by atoms with Crippen LogP contribution in [0.3, 0.4) is 0 Å². The van der Waals surface area contributed by atoms with E-state index in [4.69, 9.17) is 0 Å². The summed E-state index contributed by atoms with van der Waals surface area (Å²) in [6, 6.07) is 16.6. The lowest BCUT2D eigenvalue weighted by Gasteiger charge is -2.07. The molecule has 152 valence electrons. The van der Waals surface area contributed by atoms with Crippen molar-refractivity contribution in [3.8, 4) is 11.4 Å². The van der Waals surface area contributed by atoms with E-state index in [0.29, 0.717) is 5.82 Å². The number of aromatic nitrogens is 3. The summed E-state index contributed by atoms with van der Waals surface area (Å²) in [7, 11) is -3.63. The molecule has 4 rings (SSSR count). The summed E-state index contributed by atoms with van der Waals surface area (Å²) in [5, 5.41) is 4.49. The van der Waals surface area contributed by atoms with E-state index in [2.05, 4.69) is 9.82 Å². The Hall–Kier alpha value is -2.71. The lowest BCUT2D eigenvalue weighted by molar-refractivity contribution is 0.547. The molecular formula is C21H24N4O3S. The van der Waals surface area contributed by atoms with E-state index in [1.165, 1.54) is 4.68 Å². The van der Waals surface area contributed by atoms with Crippen molar-refractivity contribution >= 4 is 10.0 Å². The monoisotopic (exact) mass is 412 g/mol. The first-order valence-electron chi connectivity index (χ1n) is 9.83. The predicted octanol–water partition coefficient (Wildman–Crippen LogP) is 2.59. The highest BCUT2D eigenvalue weighted by Crippen LogP contribution is 2.36. The van der Waals surface area contributed by atoms with Gasteiger partial charge in [0.05, 0.1) is 11.4 Å². The minimum atomic E-state index is -3.63. The van der Waals surface area contributed by atoms with Crippen molar-refractivity contribution in [2.24, 2.45) is 0 Å². The van der Waals surface area contributed by atoms with Gasteiger partial charge in [0.1, 0.15) is 0 Å². The third-order valence-corrected chi connectivity index (χ3v) is 6.55. The van der Waals surface area contributed by atoms with E-state index in [1.54, 1.807) is 16.7 Å². The molecule has 1 N–H and O–H groups in total. The number of hydrogen-bond donors (Lipinski definition) is 1. The summed E-state index contributed by atoms with van der Waals surface area (Å²) < 4.78 is 30.6. The zero-order valence-electron chi connectivity index (χ0n) is 16.3. The van der Waals surface area contributed by atoms with Crippen molar-refractivity contribution in [1.29, 1.82) is 0 Å². The molecule has 8 heteroatoms. The molecule has 0 radical (unpaired) electrons. The number of aryl methyl sites for hydroxylation is 1. The number of benzene rings is 2. The molecule has 0 aliphatic heterocycles. The smallest absolute Gasteiger partial charge is 0.272 e. The molecule has 1 saturated carbocycles. The van der Waals surface area contributed by atoms with Gasteiger partial charge in [0.25, 0.3) is 0 Å². The fourth-order valence-corrected chi connectivity index (χ4v) is 4.31. The Balaban J connectivity index is 1.51. The van der Waals surface area contributed by atoms with Crippen molar-refractivity contribution in [2.75, 3.05) is 6.54 Å². The zero-order valence-corrected chi connectivity index (χ0v) is 17.1. The zero-order chi connectivity index (χ0) is 20.4. The third kappa shape index (κ3) is 4.18. The first-order chi connectivity index (χ1) is 14.0. The highest BCUT2D eigenvalue weighted by Gasteiger charge is 2.30. The van der Waals surface area contributed by atoms with E-state index in [-0.39, 0.29) is 29.7 Å². The second-order valence-corrected chi connectivity index (χ2v) is 8.96. The fourth-order valence-electron chi connectivity index (χ4n) is 3.29. The Morgan fingerprint density at radius 1 is 1.07 bits per heavy atom. The highest BCUT2D eigenvalue weighted by atomic mass is 32.2. The molecule has 0 bridgehead atoms. The van der Waals surface area contributed by atoms with Crippen LogP contribution < -0.4 is 10.4 Å². The van der Waals surface area contributed by atoms with Crippen LogP contribution in [0.1, 0.15) is 31.4 Å². The molecule has 29 heavy (non-hydrogen) atoms. The maximum absolute atomic E-state index is 12.8. The maximum Gasteiger partial charge on any atom is 0.346 e. The average molecular weight is 413 g/mol. The molecule has 0 spiro atoms. The van der Waals surface area contributed by atoms with Gasteiger partial charge in [-0.3, -0.25) is 4.57 Å². The maximum atomic E-state index is 12.8. The van der Waals surface area contributed by atoms with Crippen LogP contribution >= 0.6 is 0 Å². The van der Waals surface area contributed by atoms with Crippen LogP contribution in [-0.2, 0) is 23.0 Å². The minimum absolute atomic E-state index is 0.0910. The topological polar surface area (TPSA) is 86.0 Å². The summed E-state index contributed by atoms with van der Waals surface area (Å²) >= 11 is 0. The Morgan fingerprint density at radius 3 is 2.38 bits per heavy atom. The largest absolute Gasteiger partial charge is 0.346 e. The predicted molar refractivity (Wildman–Crippen MR) is 111 cm³/mol. The first-order valence-corrected chi connectivity index (χ1v) is 11.3. The van der Waals surface area contributed by atoms with Gasteiger partial charge in [-0.15, -0.1) is 5.10 Å². The number of rotatable bonds is 8. The van der Waals surface area contributed by atoms with Crippen LogP contribution in [0.5, 0.6) is 0 Å². The van der Waals surface area contributed by atoms with Gasteiger partial charge < -0.3 is 0 Å². The molecule has 0 atom stereocenters. The lowest BCUT2D eigenvalue weighted by atomic mass is 10.2. The van der Waals surface area contributed by atoms with Gasteiger partial charge in [-0.1, -0.05) is 49.4 Å². The normalized spacial score (nSPS) is 14.2. The third-order valence-electron chi connectivity index (χ3n) is 5.07. The van der Waals surface area contributed by atoms with Gasteiger partial charge in [-0.2, -0.15) is 0 Å². The van der Waals surface area contributed by atoms with Gasteiger partial charge in [0.15, 0.2) is 5.82 Å². The summed E-state index contributed by atoms with van der Waals surface area (Å²) in [4.78, 5) is 13.0. The summed E-state index contributed by atoms with van der Waals surface area (Å²) in [6.07, 6.45) is 2.78. The van der Waals surface area contributed by atoms with Crippen LogP contribution in [0.2, 0.25) is 0 Å². The number of nitrogens with zero attached hydrogens (tertiary/aromatic N) is 3. The molecule has 0 saturated heterocycles. The van der Waals surface area contributed by atoms with Gasteiger partial charge in [-0.25, -0.2) is 22.6 Å². The molecule has 0 amide bonds. The van der Waals surface area contributed by atoms with Crippen LogP contribution in [-0.4, -0.2) is 29.3 Å². The Kier molecular flexibility index (Phi) is 5.38. The summed E-state index contributed by atoms with van der Waals surface area (Å²) in [5.41, 5.74) is 1.76. The minimum Gasteiger partial charge on any atom is -0.272 e. The first kappa shape index (κ1) is 19.6. The number of hydrogen-bond acceptors (Lipinski definition) is 4. The van der Waals surface area contributed by atoms with Gasteiger partial charge >= 0.3 is 5.69 Å². The second kappa shape index (κ2) is 7.96. The van der Waals surface area contributed by atoms with Crippen molar-refractivity contribution in [3.05, 3.63) is 70.6 Å². The van der Waals surface area contributed by atoms with Gasteiger partial charge in [-0.05, 0) is 37.0 Å². The van der Waals surface area contributed by atoms with E-state index in [0.717, 1.165) is 30.4 Å². The van der Waals surface area contributed by atoms with Crippen molar-refractivity contribution in [2.45, 2.75) is 43.7 Å². The van der Waals surface area contributed by atoms with E-state index < -0.39 is 10.0 Å². The fraction of sp³-hybridized carbons (Fsp3) is 0.333. The highest BCUT2D eigenvalue weighted by molar-refractivity contribution is 7.89. The Bertz CT molecular complexity index is 1140. The van der Waals surface area contributed by atoms with Crippen molar-refractivity contribution in [3.63, 3.8) is 0 Å². The summed E-state index contributed by atoms with van der Waals surface area (Å²) in [6.45, 7) is 2.28. The molecule has 1 aromatic heterocycles. The molecule has 1 heterocycles. The van der Waals surface area contributed by atoms with Crippen LogP contribution in [0, 0.1) is 0 Å². The quantitative estimate of drug-likeness (QED) is 0.616. The van der Waals surface area contributed by atoms with Gasteiger partial charge in [0.2, 0.25) is 10.0 Å². The molecule has 1 aliphatic rings. The van der Waals surface area contributed by atoms with Crippen molar-refractivity contribution in [1.82, 2.24) is 19.1 Å². The molecular weight excluding hydrogens is 388 g/mol. The SMILES string of the molecule is CCc1ccc(S(=O)(=O)NCCn2nc(-c3ccccc3)n(C3CC3)c2=O)cc1. The average Bonchev–Trinajstić information content (AvgIpc) is 3.52. The number of sulfonamides is 1. The molecule has 1 aliphatic carbocycles. The molecule has 3 aromatic rings. The molecule has 0 unspecified atom stereocenters. The summed E-state index contributed by atoms with van der Waals surface area (Å²) in [5.74, 6) is 0.635. The van der Waals surface area contributed by atoms with Gasteiger partial charge in [0, 0.05) is 18.2 Å². The van der Waals surface area contributed by atoms with Crippen molar-refractivity contribution < 1.29 is 8.42 Å². The second-order valence-electron chi connectivity index (χ2n) is 7.19. The van der Waals surface area contributed by atoms with E-state index in [1.807, 2.05) is 49.4 Å². The number of nitrogens with one attached hydrogen (secondary N) is 1. The molecule has 7 nitrogen and oxygen atoms in total. The van der Waals surface area contributed by atoms with Crippen LogP contribution in [0.15, 0.2) is 64.3 Å². The van der Waals surface area contributed by atoms with Crippen LogP contribution in [0.25, 0.3) is 11.4 Å². The van der Waals surface area contributed by atoms with E-state index >= 15 is 0 Å². The van der Waals surface area contributed by atoms with Crippen LogP contribution in [0.4, 0.5) is 0 Å².